The first-order valence-electron chi connectivity index (χ1n) is 8.64. The second kappa shape index (κ2) is 8.75. The normalized spacial score (nSPS) is 11.2. The number of rotatable bonds is 4. The van der Waals surface area contributed by atoms with E-state index in [2.05, 4.69) is 5.32 Å². The van der Waals surface area contributed by atoms with Gasteiger partial charge in [-0.05, 0) is 61.9 Å². The van der Waals surface area contributed by atoms with Crippen molar-refractivity contribution < 1.29 is 4.79 Å². The molecule has 1 heterocycles. The number of hydrogen-bond acceptors (Lipinski definition) is 2. The van der Waals surface area contributed by atoms with Crippen molar-refractivity contribution in [1.29, 1.82) is 5.26 Å². The van der Waals surface area contributed by atoms with E-state index < -0.39 is 5.91 Å². The van der Waals surface area contributed by atoms with Crippen LogP contribution in [0.25, 0.3) is 11.8 Å². The molecule has 3 aromatic rings. The van der Waals surface area contributed by atoms with Crippen LogP contribution in [0.4, 0.5) is 5.69 Å². The lowest BCUT2D eigenvalue weighted by molar-refractivity contribution is -0.112. The Morgan fingerprint density at radius 2 is 1.72 bits per heavy atom. The molecule has 0 fully saturated rings. The van der Waals surface area contributed by atoms with Crippen LogP contribution in [0.5, 0.6) is 0 Å². The molecule has 7 heteroatoms. The molecule has 146 valence electrons. The van der Waals surface area contributed by atoms with Gasteiger partial charge in [0.2, 0.25) is 0 Å². The van der Waals surface area contributed by atoms with Gasteiger partial charge in [0.05, 0.1) is 15.7 Å². The summed E-state index contributed by atoms with van der Waals surface area (Å²) in [6.45, 7) is 3.86. The van der Waals surface area contributed by atoms with E-state index in [4.69, 9.17) is 34.8 Å². The number of anilines is 1. The van der Waals surface area contributed by atoms with Crippen molar-refractivity contribution in [2.45, 2.75) is 13.8 Å². The number of para-hydroxylation sites is 1. The quantitative estimate of drug-likeness (QED) is 0.364. The second-order valence-corrected chi connectivity index (χ2v) is 7.61. The van der Waals surface area contributed by atoms with Gasteiger partial charge in [-0.3, -0.25) is 4.79 Å². The fraction of sp³-hybridized carbons (Fsp3) is 0.0909. The smallest absolute Gasteiger partial charge is 0.266 e. The number of halogens is 3. The zero-order chi connectivity index (χ0) is 21.1. The van der Waals surface area contributed by atoms with Gasteiger partial charge < -0.3 is 9.88 Å². The maximum absolute atomic E-state index is 12.6. The van der Waals surface area contributed by atoms with Crippen LogP contribution in [0.3, 0.4) is 0 Å². The summed E-state index contributed by atoms with van der Waals surface area (Å²) in [6, 6.07) is 16.2. The predicted octanol–water partition coefficient (Wildman–Crippen LogP) is 6.60. The van der Waals surface area contributed by atoms with Gasteiger partial charge in [0.15, 0.2) is 0 Å². The molecule has 0 aliphatic carbocycles. The van der Waals surface area contributed by atoms with Crippen molar-refractivity contribution in [2.24, 2.45) is 0 Å². The molecule has 0 unspecified atom stereocenters. The molecule has 0 atom stereocenters. The van der Waals surface area contributed by atoms with E-state index in [0.29, 0.717) is 15.1 Å². The second-order valence-electron chi connectivity index (χ2n) is 6.36. The van der Waals surface area contributed by atoms with Gasteiger partial charge in [0.25, 0.3) is 5.91 Å². The Balaban J connectivity index is 1.97. The highest BCUT2D eigenvalue weighted by molar-refractivity contribution is 6.40. The minimum atomic E-state index is -0.588. The third kappa shape index (κ3) is 4.49. The molecule has 2 aromatic carbocycles. The van der Waals surface area contributed by atoms with Gasteiger partial charge in [-0.15, -0.1) is 0 Å². The number of carbonyl (C=O) groups is 1. The van der Waals surface area contributed by atoms with E-state index in [1.807, 2.05) is 48.7 Å². The third-order valence-electron chi connectivity index (χ3n) is 4.40. The van der Waals surface area contributed by atoms with E-state index in [0.717, 1.165) is 22.6 Å². The summed E-state index contributed by atoms with van der Waals surface area (Å²) in [5.41, 5.74) is 3.68. The summed E-state index contributed by atoms with van der Waals surface area (Å²) in [7, 11) is 0. The predicted molar refractivity (Wildman–Crippen MR) is 119 cm³/mol. The lowest BCUT2D eigenvalue weighted by Gasteiger charge is -2.10. The summed E-state index contributed by atoms with van der Waals surface area (Å²) in [5, 5.41) is 13.4. The first-order valence-corrected chi connectivity index (χ1v) is 9.77. The lowest BCUT2D eigenvalue weighted by atomic mass is 10.1. The molecule has 0 saturated heterocycles. The molecule has 1 N–H and O–H groups in total. The molecule has 1 aromatic heterocycles. The lowest BCUT2D eigenvalue weighted by Crippen LogP contribution is -2.14. The Morgan fingerprint density at radius 1 is 1.07 bits per heavy atom. The molecular formula is C22H16Cl3N3O. The molecule has 0 spiro atoms. The molecule has 4 nitrogen and oxygen atoms in total. The van der Waals surface area contributed by atoms with E-state index in [9.17, 15) is 10.1 Å². The van der Waals surface area contributed by atoms with Crippen LogP contribution in [-0.2, 0) is 4.79 Å². The van der Waals surface area contributed by atoms with E-state index in [1.165, 1.54) is 0 Å². The van der Waals surface area contributed by atoms with Crippen LogP contribution < -0.4 is 5.32 Å². The molecule has 0 saturated carbocycles. The van der Waals surface area contributed by atoms with Crippen molar-refractivity contribution in [3.63, 3.8) is 0 Å². The van der Waals surface area contributed by atoms with Crippen molar-refractivity contribution in [3.05, 3.63) is 86.1 Å². The fourth-order valence-corrected chi connectivity index (χ4v) is 3.72. The van der Waals surface area contributed by atoms with Crippen LogP contribution in [0.1, 0.15) is 17.0 Å². The zero-order valence-electron chi connectivity index (χ0n) is 15.6. The van der Waals surface area contributed by atoms with Crippen molar-refractivity contribution >= 4 is 52.5 Å². The number of nitrogens with one attached hydrogen (secondary N) is 1. The fourth-order valence-electron chi connectivity index (χ4n) is 3.05. The van der Waals surface area contributed by atoms with Crippen LogP contribution in [0.15, 0.2) is 54.1 Å². The molecule has 3 rings (SSSR count). The first kappa shape index (κ1) is 21.0. The van der Waals surface area contributed by atoms with Crippen LogP contribution >= 0.6 is 34.8 Å². The zero-order valence-corrected chi connectivity index (χ0v) is 17.9. The molecule has 0 aliphatic heterocycles. The number of aromatic nitrogens is 1. The van der Waals surface area contributed by atoms with Gasteiger partial charge in [-0.25, -0.2) is 0 Å². The maximum Gasteiger partial charge on any atom is 0.266 e. The number of aryl methyl sites for hydroxylation is 1. The van der Waals surface area contributed by atoms with Gasteiger partial charge in [-0.1, -0.05) is 46.9 Å². The average Bonchev–Trinajstić information content (AvgIpc) is 2.95. The number of carbonyl (C=O) groups excluding carboxylic acids is 1. The van der Waals surface area contributed by atoms with E-state index in [-0.39, 0.29) is 11.3 Å². The van der Waals surface area contributed by atoms with Crippen molar-refractivity contribution in [1.82, 2.24) is 4.57 Å². The Kier molecular flexibility index (Phi) is 6.34. The molecular weight excluding hydrogens is 429 g/mol. The standard InChI is InChI=1S/C22H16Cl3N3O/c1-13-9-15(14(2)28(13)18-6-3-5-17(23)11-18)10-16(12-26)22(29)27-21-19(24)7-4-8-20(21)25/h3-11H,1-2H3,(H,27,29)/b16-10+. The topological polar surface area (TPSA) is 57.8 Å². The molecule has 29 heavy (non-hydrogen) atoms. The van der Waals surface area contributed by atoms with Gasteiger partial charge in [0, 0.05) is 22.1 Å². The highest BCUT2D eigenvalue weighted by Gasteiger charge is 2.16. The van der Waals surface area contributed by atoms with Crippen molar-refractivity contribution in [2.75, 3.05) is 5.32 Å². The first-order chi connectivity index (χ1) is 13.8. The molecule has 0 aliphatic rings. The van der Waals surface area contributed by atoms with E-state index in [1.54, 1.807) is 30.3 Å². The van der Waals surface area contributed by atoms with Crippen LogP contribution in [-0.4, -0.2) is 10.5 Å². The van der Waals surface area contributed by atoms with Gasteiger partial charge in [-0.2, -0.15) is 5.26 Å². The van der Waals surface area contributed by atoms with Crippen LogP contribution in [0, 0.1) is 25.2 Å². The van der Waals surface area contributed by atoms with Crippen molar-refractivity contribution in [3.8, 4) is 11.8 Å². The van der Waals surface area contributed by atoms with Crippen LogP contribution in [0.2, 0.25) is 15.1 Å². The van der Waals surface area contributed by atoms with E-state index >= 15 is 0 Å². The summed E-state index contributed by atoms with van der Waals surface area (Å²) < 4.78 is 2.01. The molecule has 1 amide bonds. The summed E-state index contributed by atoms with van der Waals surface area (Å²) >= 11 is 18.3. The number of amides is 1. The molecule has 0 bridgehead atoms. The largest absolute Gasteiger partial charge is 0.319 e. The number of nitriles is 1. The maximum atomic E-state index is 12.6. The Morgan fingerprint density at radius 3 is 2.34 bits per heavy atom. The Bertz CT molecular complexity index is 1150. The Hall–Kier alpha value is -2.71. The van der Waals surface area contributed by atoms with Gasteiger partial charge in [0.1, 0.15) is 11.6 Å². The molecule has 0 radical (unpaired) electrons. The SMILES string of the molecule is Cc1cc(/C=C(\C#N)C(=O)Nc2c(Cl)cccc2Cl)c(C)n1-c1cccc(Cl)c1. The Labute approximate surface area is 183 Å². The monoisotopic (exact) mass is 443 g/mol. The summed E-state index contributed by atoms with van der Waals surface area (Å²) in [5.74, 6) is -0.588. The van der Waals surface area contributed by atoms with Gasteiger partial charge >= 0.3 is 0 Å². The minimum absolute atomic E-state index is 0.0627. The summed E-state index contributed by atoms with van der Waals surface area (Å²) in [6.07, 6.45) is 1.55. The minimum Gasteiger partial charge on any atom is -0.319 e. The number of hydrogen-bond donors (Lipinski definition) is 1. The average molecular weight is 445 g/mol. The number of nitrogens with zero attached hydrogens (tertiary/aromatic N) is 2. The number of benzene rings is 2. The summed E-state index contributed by atoms with van der Waals surface area (Å²) in [4.78, 5) is 12.6. The highest BCUT2D eigenvalue weighted by atomic mass is 35.5. The third-order valence-corrected chi connectivity index (χ3v) is 5.27. The highest BCUT2D eigenvalue weighted by Crippen LogP contribution is 2.30.